The summed E-state index contributed by atoms with van der Waals surface area (Å²) in [5.41, 5.74) is 0.760. The summed E-state index contributed by atoms with van der Waals surface area (Å²) in [7, 11) is 0. The highest BCUT2D eigenvalue weighted by atomic mass is 16.9. The molecule has 0 aromatic carbocycles. The van der Waals surface area contributed by atoms with Gasteiger partial charge in [-0.05, 0) is 37.2 Å². The summed E-state index contributed by atoms with van der Waals surface area (Å²) in [5, 5.41) is 11.9. The van der Waals surface area contributed by atoms with Crippen LogP contribution in [0.3, 0.4) is 0 Å². The number of carbonyl (C=O) groups is 2. The third-order valence-electron chi connectivity index (χ3n) is 5.01. The van der Waals surface area contributed by atoms with Gasteiger partial charge in [0, 0.05) is 12.1 Å². The normalized spacial score (nSPS) is 16.1. The summed E-state index contributed by atoms with van der Waals surface area (Å²) in [6, 6.07) is 0. The molecule has 9 nitrogen and oxygen atoms in total. The molecule has 0 aromatic rings. The standard InChI is InChI=1S/C20H30N2O7/c1-4-20(11-6-5-7-12-20)14-21-19(24)28-15-27-18(23)17(3)10-8-9-16(2)13-29-22(25)26/h8-10H,2,4-7,11-15H2,1,3H3,(H,21,24)/b9-8-,17-10+. The van der Waals surface area contributed by atoms with Crippen molar-refractivity contribution in [2.45, 2.75) is 52.4 Å². The largest absolute Gasteiger partial charge is 0.424 e. The lowest BCUT2D eigenvalue weighted by Gasteiger charge is -2.36. The molecule has 1 rings (SSSR count). The van der Waals surface area contributed by atoms with Crippen LogP contribution in [0.2, 0.25) is 0 Å². The first-order chi connectivity index (χ1) is 13.8. The Morgan fingerprint density at radius 3 is 2.55 bits per heavy atom. The summed E-state index contributed by atoms with van der Waals surface area (Å²) in [6.45, 7) is 7.05. The Hall–Kier alpha value is -2.84. The second kappa shape index (κ2) is 12.6. The van der Waals surface area contributed by atoms with E-state index in [-0.39, 0.29) is 17.6 Å². The fraction of sp³-hybridized carbons (Fsp3) is 0.600. The number of rotatable bonds is 11. The fourth-order valence-electron chi connectivity index (χ4n) is 3.10. The van der Waals surface area contributed by atoms with Gasteiger partial charge in [0.05, 0.1) is 0 Å². The molecule has 1 aliphatic carbocycles. The van der Waals surface area contributed by atoms with E-state index in [9.17, 15) is 19.7 Å². The Labute approximate surface area is 170 Å². The minimum Gasteiger partial charge on any atom is -0.424 e. The van der Waals surface area contributed by atoms with Crippen molar-refractivity contribution < 1.29 is 29.0 Å². The molecule has 29 heavy (non-hydrogen) atoms. The maximum absolute atomic E-state index is 11.8. The molecule has 1 saturated carbocycles. The van der Waals surface area contributed by atoms with Crippen LogP contribution in [0, 0.1) is 15.5 Å². The van der Waals surface area contributed by atoms with Crippen LogP contribution in [0.5, 0.6) is 0 Å². The minimum absolute atomic E-state index is 0.133. The van der Waals surface area contributed by atoms with E-state index in [4.69, 9.17) is 9.47 Å². The zero-order valence-corrected chi connectivity index (χ0v) is 17.1. The molecule has 0 heterocycles. The highest BCUT2D eigenvalue weighted by Crippen LogP contribution is 2.38. The molecule has 1 amide bonds. The van der Waals surface area contributed by atoms with Gasteiger partial charge in [-0.2, -0.15) is 0 Å². The molecule has 0 atom stereocenters. The highest BCUT2D eigenvalue weighted by molar-refractivity contribution is 5.88. The SMILES string of the molecule is C=C(/C=C\C=C(/C)C(=O)OCOC(=O)NCC1(CC)CCCCC1)CO[N+](=O)[O-]. The first kappa shape index (κ1) is 24.2. The average Bonchev–Trinajstić information content (AvgIpc) is 2.71. The average molecular weight is 410 g/mol. The van der Waals surface area contributed by atoms with Crippen molar-refractivity contribution in [1.29, 1.82) is 0 Å². The Kier molecular flexibility index (Phi) is 10.5. The number of carbonyl (C=O) groups excluding carboxylic acids is 2. The summed E-state index contributed by atoms with van der Waals surface area (Å²) < 4.78 is 9.80. The molecular weight excluding hydrogens is 380 g/mol. The number of nitrogens with one attached hydrogen (secondary N) is 1. The van der Waals surface area contributed by atoms with E-state index >= 15 is 0 Å². The molecule has 0 saturated heterocycles. The number of allylic oxidation sites excluding steroid dienone is 2. The van der Waals surface area contributed by atoms with Gasteiger partial charge in [0.15, 0.2) is 0 Å². The summed E-state index contributed by atoms with van der Waals surface area (Å²) in [4.78, 5) is 37.9. The zero-order valence-electron chi connectivity index (χ0n) is 17.1. The van der Waals surface area contributed by atoms with Crippen molar-refractivity contribution in [2.24, 2.45) is 5.41 Å². The Balaban J connectivity index is 2.29. The maximum Gasteiger partial charge on any atom is 0.410 e. The van der Waals surface area contributed by atoms with Crippen LogP contribution in [0.4, 0.5) is 4.79 Å². The summed E-state index contributed by atoms with van der Waals surface area (Å²) >= 11 is 0. The van der Waals surface area contributed by atoms with E-state index < -0.39 is 23.9 Å². The predicted molar refractivity (Wildman–Crippen MR) is 106 cm³/mol. The first-order valence-electron chi connectivity index (χ1n) is 9.66. The lowest BCUT2D eigenvalue weighted by molar-refractivity contribution is -0.755. The molecule has 0 aromatic heterocycles. The molecule has 0 radical (unpaired) electrons. The Bertz CT molecular complexity index is 649. The van der Waals surface area contributed by atoms with Crippen molar-refractivity contribution >= 4 is 12.1 Å². The van der Waals surface area contributed by atoms with Crippen molar-refractivity contribution in [3.8, 4) is 0 Å². The van der Waals surface area contributed by atoms with Gasteiger partial charge in [0.2, 0.25) is 6.79 Å². The monoisotopic (exact) mass is 410 g/mol. The van der Waals surface area contributed by atoms with Gasteiger partial charge in [-0.3, -0.25) is 0 Å². The quantitative estimate of drug-likeness (QED) is 0.137. The van der Waals surface area contributed by atoms with Gasteiger partial charge in [-0.1, -0.05) is 51.0 Å². The van der Waals surface area contributed by atoms with Crippen LogP contribution < -0.4 is 5.32 Å². The number of hydrogen-bond acceptors (Lipinski definition) is 7. The van der Waals surface area contributed by atoms with E-state index in [2.05, 4.69) is 23.7 Å². The molecule has 9 heteroatoms. The maximum atomic E-state index is 11.8. The third kappa shape index (κ3) is 9.77. The van der Waals surface area contributed by atoms with Crippen LogP contribution in [-0.2, 0) is 19.1 Å². The molecule has 1 N–H and O–H groups in total. The summed E-state index contributed by atoms with van der Waals surface area (Å²) in [6.07, 6.45) is 10.6. The predicted octanol–water partition coefficient (Wildman–Crippen LogP) is 3.84. The third-order valence-corrected chi connectivity index (χ3v) is 5.01. The van der Waals surface area contributed by atoms with Gasteiger partial charge in [0.25, 0.3) is 5.09 Å². The lowest BCUT2D eigenvalue weighted by atomic mass is 9.72. The molecule has 1 aliphatic rings. The second-order valence-corrected chi connectivity index (χ2v) is 7.11. The van der Waals surface area contributed by atoms with E-state index in [1.165, 1.54) is 44.4 Å². The number of nitrogens with zero attached hydrogens (tertiary/aromatic N) is 1. The lowest BCUT2D eigenvalue weighted by Crippen LogP contribution is -2.39. The summed E-state index contributed by atoms with van der Waals surface area (Å²) in [5.74, 6) is -0.646. The van der Waals surface area contributed by atoms with Crippen molar-refractivity contribution in [3.63, 3.8) is 0 Å². The van der Waals surface area contributed by atoms with Gasteiger partial charge >= 0.3 is 12.1 Å². The Morgan fingerprint density at radius 1 is 1.24 bits per heavy atom. The van der Waals surface area contributed by atoms with E-state index in [0.717, 1.165) is 19.3 Å². The van der Waals surface area contributed by atoms with Gasteiger partial charge < -0.3 is 19.6 Å². The number of hydrogen-bond donors (Lipinski definition) is 1. The first-order valence-corrected chi connectivity index (χ1v) is 9.66. The molecular formula is C20H30N2O7. The van der Waals surface area contributed by atoms with Crippen LogP contribution in [-0.4, -0.2) is 37.1 Å². The second-order valence-electron chi connectivity index (χ2n) is 7.11. The molecule has 1 fully saturated rings. The molecule has 0 unspecified atom stereocenters. The molecule has 162 valence electrons. The van der Waals surface area contributed by atoms with E-state index in [0.29, 0.717) is 12.1 Å². The van der Waals surface area contributed by atoms with Crippen LogP contribution in [0.25, 0.3) is 0 Å². The number of ether oxygens (including phenoxy) is 2. The molecule has 0 bridgehead atoms. The van der Waals surface area contributed by atoms with E-state index in [1.54, 1.807) is 0 Å². The molecule has 0 aliphatic heterocycles. The van der Waals surface area contributed by atoms with Crippen molar-refractivity contribution in [2.75, 3.05) is 19.9 Å². The van der Waals surface area contributed by atoms with Crippen LogP contribution in [0.15, 0.2) is 36.0 Å². The van der Waals surface area contributed by atoms with Crippen LogP contribution in [0.1, 0.15) is 52.4 Å². The zero-order chi connectivity index (χ0) is 21.7. The fourth-order valence-corrected chi connectivity index (χ4v) is 3.10. The molecule has 0 spiro atoms. The number of amides is 1. The smallest absolute Gasteiger partial charge is 0.410 e. The Morgan fingerprint density at radius 2 is 1.93 bits per heavy atom. The number of alkyl carbamates (subject to hydrolysis) is 1. The number of esters is 1. The highest BCUT2D eigenvalue weighted by Gasteiger charge is 2.30. The van der Waals surface area contributed by atoms with Crippen molar-refractivity contribution in [1.82, 2.24) is 5.32 Å². The van der Waals surface area contributed by atoms with Gasteiger partial charge in [0.1, 0.15) is 6.61 Å². The minimum atomic E-state index is -0.912. The van der Waals surface area contributed by atoms with E-state index in [1.807, 2.05) is 0 Å². The van der Waals surface area contributed by atoms with Crippen molar-refractivity contribution in [3.05, 3.63) is 46.1 Å². The van der Waals surface area contributed by atoms with Gasteiger partial charge in [-0.15, -0.1) is 10.1 Å². The topological polar surface area (TPSA) is 117 Å². The van der Waals surface area contributed by atoms with Gasteiger partial charge in [-0.25, -0.2) is 9.59 Å². The van der Waals surface area contributed by atoms with Crippen LogP contribution >= 0.6 is 0 Å².